The summed E-state index contributed by atoms with van der Waals surface area (Å²) >= 11 is 0. The summed E-state index contributed by atoms with van der Waals surface area (Å²) < 4.78 is 21.2. The first-order chi connectivity index (χ1) is 10.4. The third kappa shape index (κ3) is 9.49. The number of hydrogen-bond donors (Lipinski definition) is 0. The zero-order valence-corrected chi connectivity index (χ0v) is 15.9. The Kier molecular flexibility index (Phi) is 11.7. The van der Waals surface area contributed by atoms with Gasteiger partial charge < -0.3 is 27.8 Å². The van der Waals surface area contributed by atoms with Crippen LogP contribution in [0.1, 0.15) is 12.8 Å². The molecule has 0 saturated heterocycles. The Labute approximate surface area is 135 Å². The van der Waals surface area contributed by atoms with Crippen LogP contribution in [0.2, 0.25) is 6.04 Å². The summed E-state index contributed by atoms with van der Waals surface area (Å²) in [5.41, 5.74) is 0. The maximum Gasteiger partial charge on any atom is 0.500 e. The van der Waals surface area contributed by atoms with E-state index >= 15 is 0 Å². The van der Waals surface area contributed by atoms with Gasteiger partial charge in [0.1, 0.15) is 0 Å². The van der Waals surface area contributed by atoms with E-state index in [0.717, 1.165) is 13.1 Å². The highest BCUT2D eigenvalue weighted by Crippen LogP contribution is 2.14. The van der Waals surface area contributed by atoms with Crippen LogP contribution in [-0.2, 0) is 22.8 Å². The molecule has 0 spiro atoms. The fourth-order valence-electron chi connectivity index (χ4n) is 1.87. The average molecular weight is 337 g/mol. The lowest BCUT2D eigenvalue weighted by Gasteiger charge is -2.24. The lowest BCUT2D eigenvalue weighted by Crippen LogP contribution is -2.42. The van der Waals surface area contributed by atoms with Gasteiger partial charge in [-0.3, -0.25) is 4.79 Å². The zero-order valence-electron chi connectivity index (χ0n) is 14.9. The van der Waals surface area contributed by atoms with Crippen LogP contribution in [0, 0.1) is 0 Å². The number of carbonyl (C=O) groups is 1. The number of ether oxygens (including phenoxy) is 1. The lowest BCUT2D eigenvalue weighted by molar-refractivity contribution is -0.144. The fraction of sp³-hybridized carbons (Fsp3) is 0.929. The van der Waals surface area contributed by atoms with Crippen molar-refractivity contribution in [1.82, 2.24) is 9.80 Å². The smallest absolute Gasteiger partial charge is 0.466 e. The molecular weight excluding hydrogens is 304 g/mol. The van der Waals surface area contributed by atoms with Crippen LogP contribution in [-0.4, -0.2) is 93.3 Å². The van der Waals surface area contributed by atoms with Gasteiger partial charge in [0, 0.05) is 47.0 Å². The van der Waals surface area contributed by atoms with Crippen molar-refractivity contribution in [2.45, 2.75) is 18.9 Å². The predicted molar refractivity (Wildman–Crippen MR) is 87.8 cm³/mol. The normalized spacial score (nSPS) is 12.2. The Bertz CT molecular complexity index is 293. The predicted octanol–water partition coefficient (Wildman–Crippen LogP) is 0.681. The van der Waals surface area contributed by atoms with Gasteiger partial charge in [0.2, 0.25) is 0 Å². The van der Waals surface area contributed by atoms with Gasteiger partial charge in [0.15, 0.2) is 0 Å². The summed E-state index contributed by atoms with van der Waals surface area (Å²) in [4.78, 5) is 15.9. The molecule has 0 N–H and O–H groups in total. The van der Waals surface area contributed by atoms with E-state index in [4.69, 9.17) is 18.0 Å². The molecule has 0 amide bonds. The second-order valence-corrected chi connectivity index (χ2v) is 8.57. The molecule has 0 aliphatic heterocycles. The van der Waals surface area contributed by atoms with E-state index in [1.165, 1.54) is 0 Å². The van der Waals surface area contributed by atoms with Crippen LogP contribution < -0.4 is 0 Å². The Morgan fingerprint density at radius 3 is 2.05 bits per heavy atom. The maximum atomic E-state index is 11.7. The molecule has 8 heteroatoms. The second kappa shape index (κ2) is 12.0. The molecule has 0 aliphatic rings. The summed E-state index contributed by atoms with van der Waals surface area (Å²) in [6.07, 6.45) is 1.08. The van der Waals surface area contributed by atoms with Gasteiger partial charge in [-0.15, -0.1) is 0 Å². The first-order valence-corrected chi connectivity index (χ1v) is 9.46. The van der Waals surface area contributed by atoms with E-state index in [9.17, 15) is 4.79 Å². The number of esters is 1. The SMILES string of the molecule is CO[Si](CCCOC(=O)CCN(C)CCN(C)C)(OC)OC. The molecular formula is C14H32N2O5Si. The van der Waals surface area contributed by atoms with Gasteiger partial charge in [-0.2, -0.15) is 0 Å². The van der Waals surface area contributed by atoms with Crippen LogP contribution in [0.25, 0.3) is 0 Å². The van der Waals surface area contributed by atoms with Crippen molar-refractivity contribution in [2.75, 3.05) is 68.7 Å². The minimum Gasteiger partial charge on any atom is -0.466 e. The highest BCUT2D eigenvalue weighted by atomic mass is 28.4. The molecule has 0 aromatic rings. The quantitative estimate of drug-likeness (QED) is 0.278. The Morgan fingerprint density at radius 2 is 1.55 bits per heavy atom. The van der Waals surface area contributed by atoms with Gasteiger partial charge in [-0.25, -0.2) is 0 Å². The van der Waals surface area contributed by atoms with Crippen molar-refractivity contribution in [3.05, 3.63) is 0 Å². The molecule has 0 unspecified atom stereocenters. The number of likely N-dealkylation sites (N-methyl/N-ethyl adjacent to an activating group) is 2. The summed E-state index contributed by atoms with van der Waals surface area (Å²) in [5.74, 6) is -0.170. The van der Waals surface area contributed by atoms with Gasteiger partial charge in [0.25, 0.3) is 0 Å². The molecule has 0 aromatic heterocycles. The molecule has 22 heavy (non-hydrogen) atoms. The first-order valence-electron chi connectivity index (χ1n) is 7.53. The summed E-state index contributed by atoms with van der Waals surface area (Å²) in [5, 5.41) is 0. The van der Waals surface area contributed by atoms with Crippen molar-refractivity contribution >= 4 is 14.8 Å². The van der Waals surface area contributed by atoms with E-state index in [1.54, 1.807) is 21.3 Å². The van der Waals surface area contributed by atoms with Crippen molar-refractivity contribution in [3.8, 4) is 0 Å². The standard InChI is InChI=1S/C14H32N2O5Si/c1-15(2)10-11-16(3)9-8-14(17)21-12-7-13-22(18-4,19-5)20-6/h7-13H2,1-6H3. The van der Waals surface area contributed by atoms with Crippen molar-refractivity contribution < 1.29 is 22.8 Å². The summed E-state index contributed by atoms with van der Waals surface area (Å²) in [7, 11) is 8.26. The molecule has 0 aromatic carbocycles. The zero-order chi connectivity index (χ0) is 17.0. The molecule has 0 atom stereocenters. The summed E-state index contributed by atoms with van der Waals surface area (Å²) in [6.45, 7) is 2.98. The molecule has 132 valence electrons. The third-order valence-corrected chi connectivity index (χ3v) is 6.28. The highest BCUT2D eigenvalue weighted by Gasteiger charge is 2.36. The van der Waals surface area contributed by atoms with Crippen molar-refractivity contribution in [1.29, 1.82) is 0 Å². The Morgan fingerprint density at radius 1 is 0.955 bits per heavy atom. The van der Waals surface area contributed by atoms with Crippen LogP contribution >= 0.6 is 0 Å². The molecule has 0 saturated carbocycles. The molecule has 7 nitrogen and oxygen atoms in total. The lowest BCUT2D eigenvalue weighted by atomic mass is 10.4. The second-order valence-electron chi connectivity index (χ2n) is 5.48. The Hall–Kier alpha value is -0.513. The van der Waals surface area contributed by atoms with Crippen LogP contribution in [0.4, 0.5) is 0 Å². The fourth-order valence-corrected chi connectivity index (χ4v) is 3.56. The molecule has 0 fully saturated rings. The number of nitrogens with zero attached hydrogens (tertiary/aromatic N) is 2. The van der Waals surface area contributed by atoms with Crippen LogP contribution in [0.5, 0.6) is 0 Å². The molecule has 0 heterocycles. The van der Waals surface area contributed by atoms with Gasteiger partial charge in [-0.05, 0) is 27.6 Å². The Balaban J connectivity index is 3.77. The van der Waals surface area contributed by atoms with E-state index in [1.807, 2.05) is 21.1 Å². The van der Waals surface area contributed by atoms with E-state index < -0.39 is 8.80 Å². The maximum absolute atomic E-state index is 11.7. The number of rotatable bonds is 13. The monoisotopic (exact) mass is 336 g/mol. The van der Waals surface area contributed by atoms with E-state index in [0.29, 0.717) is 32.0 Å². The highest BCUT2D eigenvalue weighted by molar-refractivity contribution is 6.60. The first kappa shape index (κ1) is 21.5. The van der Waals surface area contributed by atoms with Crippen LogP contribution in [0.3, 0.4) is 0 Å². The van der Waals surface area contributed by atoms with Crippen molar-refractivity contribution in [3.63, 3.8) is 0 Å². The van der Waals surface area contributed by atoms with E-state index in [2.05, 4.69) is 9.80 Å². The number of hydrogen-bond acceptors (Lipinski definition) is 7. The minimum absolute atomic E-state index is 0.170. The van der Waals surface area contributed by atoms with Crippen LogP contribution in [0.15, 0.2) is 0 Å². The molecule has 0 aliphatic carbocycles. The van der Waals surface area contributed by atoms with Gasteiger partial charge in [0.05, 0.1) is 13.0 Å². The largest absolute Gasteiger partial charge is 0.500 e. The van der Waals surface area contributed by atoms with Crippen molar-refractivity contribution in [2.24, 2.45) is 0 Å². The average Bonchev–Trinajstić information content (AvgIpc) is 2.51. The number of carbonyl (C=O) groups excluding carboxylic acids is 1. The summed E-state index contributed by atoms with van der Waals surface area (Å²) in [6, 6.07) is 0.631. The molecule has 0 radical (unpaired) electrons. The topological polar surface area (TPSA) is 60.5 Å². The molecule has 0 rings (SSSR count). The van der Waals surface area contributed by atoms with Gasteiger partial charge in [-0.1, -0.05) is 0 Å². The van der Waals surface area contributed by atoms with E-state index in [-0.39, 0.29) is 5.97 Å². The third-order valence-electron chi connectivity index (χ3n) is 3.45. The minimum atomic E-state index is -2.55. The molecule has 0 bridgehead atoms. The van der Waals surface area contributed by atoms with Gasteiger partial charge >= 0.3 is 14.8 Å².